The summed E-state index contributed by atoms with van der Waals surface area (Å²) >= 11 is 6.06. The zero-order valence-corrected chi connectivity index (χ0v) is 20.9. The Bertz CT molecular complexity index is 1250. The maximum absolute atomic E-state index is 13.2. The minimum absolute atomic E-state index is 0.255. The lowest BCUT2D eigenvalue weighted by atomic mass is 10.2. The number of amides is 1. The Morgan fingerprint density at radius 3 is 2.94 bits per heavy atom. The van der Waals surface area contributed by atoms with Crippen LogP contribution in [0.3, 0.4) is 0 Å². The van der Waals surface area contributed by atoms with Gasteiger partial charge in [0.2, 0.25) is 0 Å². The molecule has 1 unspecified atom stereocenters. The Morgan fingerprint density at radius 2 is 2.19 bits per heavy atom. The van der Waals surface area contributed by atoms with Crippen molar-refractivity contribution in [1.29, 1.82) is 0 Å². The standard InChI is InChI=1S/C20H22BrN3O4S3/c1-2-28-11-10-23-15-8-7-14(21)13-17(15)30-20(23)22-19(25)16-5-3-9-24(16)31(26,27)18-6-4-12-29-18/h4,6-8,12-13,16H,2-3,5,9-11H2,1H3. The maximum atomic E-state index is 13.2. The first-order chi connectivity index (χ1) is 14.9. The van der Waals surface area contributed by atoms with Crippen molar-refractivity contribution in [3.63, 3.8) is 0 Å². The van der Waals surface area contributed by atoms with Gasteiger partial charge >= 0.3 is 0 Å². The maximum Gasteiger partial charge on any atom is 0.266 e. The normalized spacial score (nSPS) is 18.3. The molecule has 1 amide bonds. The number of thiophene rings is 1. The Labute approximate surface area is 197 Å². The lowest BCUT2D eigenvalue weighted by molar-refractivity contribution is -0.121. The average Bonchev–Trinajstić information content (AvgIpc) is 3.48. The van der Waals surface area contributed by atoms with Crippen LogP contribution in [0.2, 0.25) is 0 Å². The number of rotatable bonds is 7. The highest BCUT2D eigenvalue weighted by atomic mass is 79.9. The van der Waals surface area contributed by atoms with Crippen molar-refractivity contribution in [2.45, 2.75) is 36.6 Å². The summed E-state index contributed by atoms with van der Waals surface area (Å²) in [5.74, 6) is -0.423. The van der Waals surface area contributed by atoms with E-state index in [1.165, 1.54) is 15.6 Å². The van der Waals surface area contributed by atoms with Crippen LogP contribution in [0.1, 0.15) is 19.8 Å². The number of halogens is 1. The molecule has 0 aliphatic carbocycles. The van der Waals surface area contributed by atoms with Gasteiger partial charge in [-0.1, -0.05) is 33.3 Å². The SMILES string of the molecule is CCOCCn1c(=NC(=O)C2CCCN2S(=O)(=O)c2cccs2)sc2cc(Br)ccc21. The summed E-state index contributed by atoms with van der Waals surface area (Å²) in [4.78, 5) is 18.1. The van der Waals surface area contributed by atoms with Crippen LogP contribution in [-0.4, -0.2) is 49.0 Å². The summed E-state index contributed by atoms with van der Waals surface area (Å²) in [7, 11) is -3.70. The molecule has 7 nitrogen and oxygen atoms in total. The van der Waals surface area contributed by atoms with E-state index in [1.807, 2.05) is 29.7 Å². The Kier molecular flexibility index (Phi) is 7.09. The van der Waals surface area contributed by atoms with Crippen LogP contribution in [-0.2, 0) is 26.1 Å². The molecule has 1 saturated heterocycles. The number of hydrogen-bond donors (Lipinski definition) is 0. The Morgan fingerprint density at radius 1 is 1.35 bits per heavy atom. The van der Waals surface area contributed by atoms with E-state index in [9.17, 15) is 13.2 Å². The fraction of sp³-hybridized carbons (Fsp3) is 0.400. The van der Waals surface area contributed by atoms with E-state index in [2.05, 4.69) is 20.9 Å². The summed E-state index contributed by atoms with van der Waals surface area (Å²) < 4.78 is 37.0. The molecule has 0 spiro atoms. The molecule has 0 saturated carbocycles. The largest absolute Gasteiger partial charge is 0.380 e. The predicted octanol–water partition coefficient (Wildman–Crippen LogP) is 3.84. The number of carbonyl (C=O) groups is 1. The minimum Gasteiger partial charge on any atom is -0.380 e. The Balaban J connectivity index is 1.70. The van der Waals surface area contributed by atoms with Crippen LogP contribution in [0, 0.1) is 0 Å². The van der Waals surface area contributed by atoms with Crippen molar-refractivity contribution in [2.24, 2.45) is 4.99 Å². The van der Waals surface area contributed by atoms with Gasteiger partial charge in [-0.2, -0.15) is 9.30 Å². The van der Waals surface area contributed by atoms with Crippen molar-refractivity contribution in [2.75, 3.05) is 19.8 Å². The first-order valence-corrected chi connectivity index (χ1v) is 13.9. The molecule has 3 aromatic rings. The second kappa shape index (κ2) is 9.63. The summed E-state index contributed by atoms with van der Waals surface area (Å²) in [5.41, 5.74) is 0.967. The van der Waals surface area contributed by atoms with E-state index in [0.717, 1.165) is 26.0 Å². The van der Waals surface area contributed by atoms with E-state index in [-0.39, 0.29) is 4.21 Å². The second-order valence-electron chi connectivity index (χ2n) is 7.00. The van der Waals surface area contributed by atoms with E-state index < -0.39 is 22.0 Å². The fourth-order valence-corrected chi connectivity index (χ4v) is 8.00. The summed E-state index contributed by atoms with van der Waals surface area (Å²) in [6, 6.07) is 8.42. The highest BCUT2D eigenvalue weighted by molar-refractivity contribution is 9.10. The van der Waals surface area contributed by atoms with Crippen molar-refractivity contribution in [3.8, 4) is 0 Å². The number of hydrogen-bond acceptors (Lipinski definition) is 6. The van der Waals surface area contributed by atoms with Crippen molar-refractivity contribution >= 4 is 64.8 Å². The Hall–Kier alpha value is -1.37. The smallest absolute Gasteiger partial charge is 0.266 e. The van der Waals surface area contributed by atoms with Gasteiger partial charge in [-0.25, -0.2) is 8.42 Å². The molecule has 11 heteroatoms. The average molecular weight is 545 g/mol. The van der Waals surface area contributed by atoms with Crippen LogP contribution >= 0.6 is 38.6 Å². The number of aromatic nitrogens is 1. The molecule has 3 heterocycles. The monoisotopic (exact) mass is 543 g/mol. The molecule has 1 aliphatic rings. The second-order valence-corrected chi connectivity index (χ2v) is 12.0. The van der Waals surface area contributed by atoms with E-state index >= 15 is 0 Å². The predicted molar refractivity (Wildman–Crippen MR) is 126 cm³/mol. The molecule has 1 fully saturated rings. The van der Waals surface area contributed by atoms with Gasteiger partial charge in [-0.05, 0) is 49.4 Å². The third kappa shape index (κ3) is 4.71. The molecule has 1 aliphatic heterocycles. The molecule has 2 aromatic heterocycles. The number of benzene rings is 1. The lowest BCUT2D eigenvalue weighted by Crippen LogP contribution is -2.40. The van der Waals surface area contributed by atoms with Crippen molar-refractivity contribution in [1.82, 2.24) is 8.87 Å². The zero-order chi connectivity index (χ0) is 22.0. The molecule has 166 valence electrons. The van der Waals surface area contributed by atoms with Crippen LogP contribution < -0.4 is 4.80 Å². The first-order valence-electron chi connectivity index (χ1n) is 9.92. The molecule has 0 bridgehead atoms. The number of fused-ring (bicyclic) bond motifs is 1. The van der Waals surface area contributed by atoms with E-state index in [4.69, 9.17) is 4.74 Å². The molecule has 1 atom stereocenters. The number of nitrogens with zero attached hydrogens (tertiary/aromatic N) is 3. The zero-order valence-electron chi connectivity index (χ0n) is 16.9. The summed E-state index contributed by atoms with van der Waals surface area (Å²) in [5, 5.41) is 1.72. The highest BCUT2D eigenvalue weighted by Gasteiger charge is 2.39. The van der Waals surface area contributed by atoms with Gasteiger partial charge in [0, 0.05) is 24.2 Å². The number of carbonyl (C=O) groups excluding carboxylic acids is 1. The molecule has 0 radical (unpaired) electrons. The van der Waals surface area contributed by atoms with Gasteiger partial charge in [-0.15, -0.1) is 11.3 Å². The quantitative estimate of drug-likeness (QED) is 0.424. The van der Waals surface area contributed by atoms with Crippen molar-refractivity contribution < 1.29 is 17.9 Å². The number of thiazole rings is 1. The van der Waals surface area contributed by atoms with E-state index in [0.29, 0.717) is 43.9 Å². The topological polar surface area (TPSA) is 81.0 Å². The van der Waals surface area contributed by atoms with Crippen LogP contribution in [0.5, 0.6) is 0 Å². The number of ether oxygens (including phenoxy) is 1. The molecule has 0 N–H and O–H groups in total. The fourth-order valence-electron chi connectivity index (χ4n) is 3.62. The summed E-state index contributed by atoms with van der Waals surface area (Å²) in [6.07, 6.45) is 1.11. The minimum atomic E-state index is -3.70. The van der Waals surface area contributed by atoms with Crippen LogP contribution in [0.25, 0.3) is 10.2 Å². The lowest BCUT2D eigenvalue weighted by Gasteiger charge is -2.20. The molecular formula is C20H22BrN3O4S3. The first kappa shape index (κ1) is 22.8. The van der Waals surface area contributed by atoms with Gasteiger partial charge in [0.25, 0.3) is 15.9 Å². The van der Waals surface area contributed by atoms with Crippen LogP contribution in [0.15, 0.2) is 49.4 Å². The highest BCUT2D eigenvalue weighted by Crippen LogP contribution is 2.29. The van der Waals surface area contributed by atoms with Gasteiger partial charge < -0.3 is 9.30 Å². The third-order valence-corrected chi connectivity index (χ3v) is 9.88. The van der Waals surface area contributed by atoms with Gasteiger partial charge in [-0.3, -0.25) is 4.79 Å². The number of sulfonamides is 1. The molecular weight excluding hydrogens is 522 g/mol. The van der Waals surface area contributed by atoms with Crippen LogP contribution in [0.4, 0.5) is 0 Å². The van der Waals surface area contributed by atoms with Crippen molar-refractivity contribution in [3.05, 3.63) is 45.0 Å². The third-order valence-electron chi connectivity index (χ3n) is 5.06. The molecule has 31 heavy (non-hydrogen) atoms. The van der Waals surface area contributed by atoms with E-state index in [1.54, 1.807) is 17.5 Å². The summed E-state index contributed by atoms with van der Waals surface area (Å²) in [6.45, 7) is 3.93. The van der Waals surface area contributed by atoms with Gasteiger partial charge in [0.1, 0.15) is 10.3 Å². The molecule has 1 aromatic carbocycles. The van der Waals surface area contributed by atoms with Gasteiger partial charge in [0.05, 0.1) is 16.8 Å². The van der Waals surface area contributed by atoms with Gasteiger partial charge in [0.15, 0.2) is 4.80 Å². The molecule has 4 rings (SSSR count).